The molecule has 1 aromatic carbocycles. The summed E-state index contributed by atoms with van der Waals surface area (Å²) in [5.41, 5.74) is 1.68. The van der Waals surface area contributed by atoms with Crippen LogP contribution in [0.25, 0.3) is 22.3 Å². The highest BCUT2D eigenvalue weighted by molar-refractivity contribution is 6.36. The van der Waals surface area contributed by atoms with Gasteiger partial charge in [-0.1, -0.05) is 11.6 Å². The maximum Gasteiger partial charge on any atom is 0.295 e. The molecule has 2 aromatic heterocycles. The third-order valence-electron chi connectivity index (χ3n) is 3.56. The van der Waals surface area contributed by atoms with Gasteiger partial charge in [-0.2, -0.15) is 9.87 Å². The van der Waals surface area contributed by atoms with Crippen molar-refractivity contribution < 1.29 is 18.9 Å². The van der Waals surface area contributed by atoms with Crippen molar-refractivity contribution in [3.8, 4) is 22.9 Å². The first-order chi connectivity index (χ1) is 12.9. The Morgan fingerprint density at radius 1 is 1.07 bits per heavy atom. The van der Waals surface area contributed by atoms with Crippen LogP contribution in [0.4, 0.5) is 6.01 Å². The smallest absolute Gasteiger partial charge is 0.295 e. The minimum atomic E-state index is -0.0207. The van der Waals surface area contributed by atoms with Crippen LogP contribution in [-0.4, -0.2) is 29.2 Å². The Kier molecular flexibility index (Phi) is 5.72. The van der Waals surface area contributed by atoms with Crippen LogP contribution in [0.2, 0.25) is 5.02 Å². The molecule has 144 valence electrons. The van der Waals surface area contributed by atoms with Crippen molar-refractivity contribution in [1.82, 2.24) is 9.97 Å². The molecule has 0 spiro atoms. The van der Waals surface area contributed by atoms with Crippen LogP contribution < -0.4 is 14.9 Å². The van der Waals surface area contributed by atoms with Crippen molar-refractivity contribution >= 4 is 28.5 Å². The number of benzene rings is 1. The van der Waals surface area contributed by atoms with Crippen molar-refractivity contribution in [2.75, 3.05) is 12.4 Å². The largest absolute Gasteiger partial charge is 0.490 e. The molecular weight excluding hydrogens is 370 g/mol. The standard InChI is InChI=1S/C19H22ClN3O4/c1-10(2)21-19-23-14(9-25-19)13-8-16(26-11(3)4)12-6-7-15(27-24-5)17(20)18(12)22-13/h6-11H,1-5H3,(H,21,23). The predicted octanol–water partition coefficient (Wildman–Crippen LogP) is 5.09. The van der Waals surface area contributed by atoms with E-state index in [4.69, 9.17) is 30.5 Å². The van der Waals surface area contributed by atoms with Crippen LogP contribution in [0, 0.1) is 0 Å². The molecule has 0 unspecified atom stereocenters. The van der Waals surface area contributed by atoms with E-state index >= 15 is 0 Å². The lowest BCUT2D eigenvalue weighted by molar-refractivity contribution is -0.177. The lowest BCUT2D eigenvalue weighted by Gasteiger charge is -2.15. The van der Waals surface area contributed by atoms with E-state index in [1.807, 2.05) is 39.8 Å². The summed E-state index contributed by atoms with van der Waals surface area (Å²) in [4.78, 5) is 18.9. The Morgan fingerprint density at radius 3 is 2.52 bits per heavy atom. The predicted molar refractivity (Wildman–Crippen MR) is 104 cm³/mol. The van der Waals surface area contributed by atoms with Crippen molar-refractivity contribution in [2.45, 2.75) is 39.8 Å². The molecule has 0 bridgehead atoms. The number of anilines is 1. The molecule has 0 aliphatic carbocycles. The number of pyridine rings is 1. The Hall–Kier alpha value is -2.51. The Balaban J connectivity index is 2.14. The van der Waals surface area contributed by atoms with Crippen molar-refractivity contribution in [3.63, 3.8) is 0 Å². The van der Waals surface area contributed by atoms with Gasteiger partial charge in [0.2, 0.25) is 0 Å². The highest BCUT2D eigenvalue weighted by Crippen LogP contribution is 2.38. The molecule has 0 atom stereocenters. The van der Waals surface area contributed by atoms with Gasteiger partial charge >= 0.3 is 0 Å². The van der Waals surface area contributed by atoms with Crippen molar-refractivity contribution in [1.29, 1.82) is 0 Å². The molecule has 8 heteroatoms. The first kappa shape index (κ1) is 19.3. The zero-order valence-electron chi connectivity index (χ0n) is 15.9. The normalized spacial score (nSPS) is 11.4. The number of rotatable bonds is 7. The third kappa shape index (κ3) is 4.26. The van der Waals surface area contributed by atoms with E-state index in [1.165, 1.54) is 7.11 Å². The molecule has 0 aliphatic rings. The molecule has 0 saturated heterocycles. The topological polar surface area (TPSA) is 78.6 Å². The molecule has 1 N–H and O–H groups in total. The van der Waals surface area contributed by atoms with E-state index in [0.717, 1.165) is 5.39 Å². The van der Waals surface area contributed by atoms with Crippen LogP contribution in [0.5, 0.6) is 11.5 Å². The molecular formula is C19H22ClN3O4. The number of nitrogens with one attached hydrogen (secondary N) is 1. The average Bonchev–Trinajstić information content (AvgIpc) is 3.05. The summed E-state index contributed by atoms with van der Waals surface area (Å²) in [5, 5.41) is 4.21. The van der Waals surface area contributed by atoms with Gasteiger partial charge in [0.25, 0.3) is 6.01 Å². The summed E-state index contributed by atoms with van der Waals surface area (Å²) in [6.07, 6.45) is 1.52. The van der Waals surface area contributed by atoms with Gasteiger partial charge < -0.3 is 19.4 Å². The minimum Gasteiger partial charge on any atom is -0.490 e. The zero-order valence-corrected chi connectivity index (χ0v) is 16.6. The zero-order chi connectivity index (χ0) is 19.6. The number of fused-ring (bicyclic) bond motifs is 1. The molecule has 0 aliphatic heterocycles. The molecule has 7 nitrogen and oxygen atoms in total. The molecule has 0 amide bonds. The first-order valence-corrected chi connectivity index (χ1v) is 8.99. The Bertz CT molecular complexity index is 940. The second-order valence-electron chi connectivity index (χ2n) is 6.53. The number of hydrogen-bond donors (Lipinski definition) is 1. The maximum absolute atomic E-state index is 6.48. The van der Waals surface area contributed by atoms with Crippen LogP contribution in [0.1, 0.15) is 27.7 Å². The third-order valence-corrected chi connectivity index (χ3v) is 3.93. The Labute approximate surface area is 162 Å². The fraction of sp³-hybridized carbons (Fsp3) is 0.368. The lowest BCUT2D eigenvalue weighted by atomic mass is 10.1. The van der Waals surface area contributed by atoms with E-state index in [-0.39, 0.29) is 12.1 Å². The molecule has 0 saturated carbocycles. The second kappa shape index (κ2) is 8.02. The molecule has 2 heterocycles. The SMILES string of the molecule is COOc1ccc2c(OC(C)C)cc(-c3coc(NC(C)C)n3)nc2c1Cl. The molecule has 0 fully saturated rings. The monoisotopic (exact) mass is 391 g/mol. The number of nitrogens with zero attached hydrogens (tertiary/aromatic N) is 2. The van der Waals surface area contributed by atoms with Gasteiger partial charge in [0.15, 0.2) is 5.75 Å². The van der Waals surface area contributed by atoms with Crippen LogP contribution in [0.3, 0.4) is 0 Å². The van der Waals surface area contributed by atoms with E-state index < -0.39 is 0 Å². The molecule has 27 heavy (non-hydrogen) atoms. The summed E-state index contributed by atoms with van der Waals surface area (Å²) in [6.45, 7) is 7.92. The average molecular weight is 392 g/mol. The first-order valence-electron chi connectivity index (χ1n) is 8.62. The summed E-state index contributed by atoms with van der Waals surface area (Å²) < 4.78 is 11.4. The van der Waals surface area contributed by atoms with Gasteiger partial charge in [0.05, 0.1) is 24.4 Å². The fourth-order valence-corrected chi connectivity index (χ4v) is 2.79. The second-order valence-corrected chi connectivity index (χ2v) is 6.91. The van der Waals surface area contributed by atoms with Crippen LogP contribution >= 0.6 is 11.6 Å². The van der Waals surface area contributed by atoms with E-state index in [0.29, 0.717) is 39.4 Å². The summed E-state index contributed by atoms with van der Waals surface area (Å²) >= 11 is 6.48. The lowest BCUT2D eigenvalue weighted by Crippen LogP contribution is -2.09. The number of hydrogen-bond acceptors (Lipinski definition) is 7. The summed E-state index contributed by atoms with van der Waals surface area (Å²) in [6, 6.07) is 5.99. The van der Waals surface area contributed by atoms with Crippen molar-refractivity contribution in [3.05, 3.63) is 29.5 Å². The fourth-order valence-electron chi connectivity index (χ4n) is 2.55. The van der Waals surface area contributed by atoms with Gasteiger partial charge in [0.1, 0.15) is 22.7 Å². The highest BCUT2D eigenvalue weighted by Gasteiger charge is 2.18. The van der Waals surface area contributed by atoms with E-state index in [2.05, 4.69) is 15.3 Å². The number of aromatic nitrogens is 2. The molecule has 3 rings (SSSR count). The number of ether oxygens (including phenoxy) is 1. The minimum absolute atomic E-state index is 0.0207. The number of halogens is 1. The van der Waals surface area contributed by atoms with E-state index in [9.17, 15) is 0 Å². The Morgan fingerprint density at radius 2 is 1.85 bits per heavy atom. The summed E-state index contributed by atoms with van der Waals surface area (Å²) in [5.74, 6) is 1.02. The quantitative estimate of drug-likeness (QED) is 0.443. The van der Waals surface area contributed by atoms with Gasteiger partial charge in [-0.05, 0) is 39.8 Å². The van der Waals surface area contributed by atoms with Crippen molar-refractivity contribution in [2.24, 2.45) is 0 Å². The van der Waals surface area contributed by atoms with Crippen LogP contribution in [-0.2, 0) is 4.89 Å². The van der Waals surface area contributed by atoms with Gasteiger partial charge in [-0.25, -0.2) is 4.98 Å². The molecule has 3 aromatic rings. The van der Waals surface area contributed by atoms with Gasteiger partial charge in [-0.3, -0.25) is 0 Å². The van der Waals surface area contributed by atoms with E-state index in [1.54, 1.807) is 12.3 Å². The molecule has 0 radical (unpaired) electrons. The van der Waals surface area contributed by atoms with Gasteiger partial charge in [0, 0.05) is 17.5 Å². The highest BCUT2D eigenvalue weighted by atomic mass is 35.5. The van der Waals surface area contributed by atoms with Gasteiger partial charge in [-0.15, -0.1) is 0 Å². The van der Waals surface area contributed by atoms with Crippen LogP contribution in [0.15, 0.2) is 28.9 Å². The summed E-state index contributed by atoms with van der Waals surface area (Å²) in [7, 11) is 1.41. The number of oxazole rings is 1. The maximum atomic E-state index is 6.48.